The lowest BCUT2D eigenvalue weighted by Crippen LogP contribution is -2.00. The van der Waals surface area contributed by atoms with Gasteiger partial charge in [0.05, 0.1) is 5.57 Å². The fraction of sp³-hybridized carbons (Fsp3) is 0. The minimum absolute atomic E-state index is 0.108. The van der Waals surface area contributed by atoms with E-state index in [0.717, 1.165) is 10.8 Å². The van der Waals surface area contributed by atoms with Crippen LogP contribution in [0.1, 0.15) is 11.1 Å². The number of aliphatic carboxylic acids is 1. The molecule has 0 aromatic heterocycles. The summed E-state index contributed by atoms with van der Waals surface area (Å²) in [5, 5.41) is 21.0. The minimum atomic E-state index is -1.00. The first-order chi connectivity index (χ1) is 10.6. The van der Waals surface area contributed by atoms with Crippen molar-refractivity contribution in [2.75, 3.05) is 0 Å². The molecule has 108 valence electrons. The summed E-state index contributed by atoms with van der Waals surface area (Å²) in [7, 11) is 0. The first-order valence-corrected chi connectivity index (χ1v) is 6.87. The average molecular weight is 290 g/mol. The summed E-state index contributed by atoms with van der Waals surface area (Å²) in [6, 6.07) is 19.8. The number of hydrogen-bond acceptors (Lipinski definition) is 2. The lowest BCUT2D eigenvalue weighted by molar-refractivity contribution is -0.130. The molecule has 3 heteroatoms. The Bertz CT molecular complexity index is 873. The molecule has 3 rings (SSSR count). The van der Waals surface area contributed by atoms with Crippen LogP contribution in [-0.4, -0.2) is 16.2 Å². The van der Waals surface area contributed by atoms with Crippen LogP contribution in [0.4, 0.5) is 0 Å². The van der Waals surface area contributed by atoms with Gasteiger partial charge in [-0.3, -0.25) is 0 Å². The molecular weight excluding hydrogens is 276 g/mol. The molecule has 0 radical (unpaired) electrons. The fourth-order valence-electron chi connectivity index (χ4n) is 2.50. The van der Waals surface area contributed by atoms with Gasteiger partial charge in [0.2, 0.25) is 0 Å². The molecule has 0 amide bonds. The Balaban J connectivity index is 2.21. The van der Waals surface area contributed by atoms with Gasteiger partial charge in [-0.15, -0.1) is 0 Å². The summed E-state index contributed by atoms with van der Waals surface area (Å²) < 4.78 is 0. The molecule has 2 N–H and O–H groups in total. The van der Waals surface area contributed by atoms with Crippen molar-refractivity contribution in [3.63, 3.8) is 0 Å². The highest BCUT2D eigenvalue weighted by Crippen LogP contribution is 2.27. The molecule has 3 nitrogen and oxygen atoms in total. The van der Waals surface area contributed by atoms with E-state index in [1.54, 1.807) is 30.3 Å². The lowest BCUT2D eigenvalue weighted by atomic mass is 9.96. The number of phenols is 1. The van der Waals surface area contributed by atoms with Crippen LogP contribution in [0.3, 0.4) is 0 Å². The zero-order valence-corrected chi connectivity index (χ0v) is 11.7. The molecule has 0 spiro atoms. The molecule has 3 aromatic rings. The molecule has 22 heavy (non-hydrogen) atoms. The van der Waals surface area contributed by atoms with E-state index in [4.69, 9.17) is 0 Å². The average Bonchev–Trinajstić information content (AvgIpc) is 2.52. The number of aromatic hydroxyl groups is 1. The third-order valence-corrected chi connectivity index (χ3v) is 3.49. The van der Waals surface area contributed by atoms with E-state index >= 15 is 0 Å². The van der Waals surface area contributed by atoms with E-state index in [-0.39, 0.29) is 11.3 Å². The monoisotopic (exact) mass is 290 g/mol. The van der Waals surface area contributed by atoms with Crippen molar-refractivity contribution < 1.29 is 15.0 Å². The van der Waals surface area contributed by atoms with Crippen molar-refractivity contribution in [2.24, 2.45) is 0 Å². The predicted molar refractivity (Wildman–Crippen MR) is 87.6 cm³/mol. The van der Waals surface area contributed by atoms with Crippen molar-refractivity contribution in [2.45, 2.75) is 0 Å². The summed E-state index contributed by atoms with van der Waals surface area (Å²) in [4.78, 5) is 11.7. The van der Waals surface area contributed by atoms with Crippen LogP contribution < -0.4 is 0 Å². The molecule has 0 atom stereocenters. The van der Waals surface area contributed by atoms with Crippen LogP contribution in [0.2, 0.25) is 0 Å². The molecule has 0 bridgehead atoms. The van der Waals surface area contributed by atoms with Crippen LogP contribution in [0.5, 0.6) is 5.75 Å². The Morgan fingerprint density at radius 3 is 2.41 bits per heavy atom. The number of hydrogen-bond donors (Lipinski definition) is 2. The summed E-state index contributed by atoms with van der Waals surface area (Å²) in [5.41, 5.74) is 1.50. The van der Waals surface area contributed by atoms with Crippen LogP contribution >= 0.6 is 0 Å². The Morgan fingerprint density at radius 1 is 0.909 bits per heavy atom. The number of phenolic OH excluding ortho intramolecular Hbond substituents is 1. The number of rotatable bonds is 3. The number of carboxylic acids is 1. The Kier molecular flexibility index (Phi) is 3.62. The summed E-state index contributed by atoms with van der Waals surface area (Å²) >= 11 is 0. The van der Waals surface area contributed by atoms with Gasteiger partial charge >= 0.3 is 5.97 Å². The first-order valence-electron chi connectivity index (χ1n) is 6.87. The van der Waals surface area contributed by atoms with Crippen molar-refractivity contribution in [3.05, 3.63) is 77.9 Å². The number of carboxylic acid groups (broad SMARTS) is 1. The topological polar surface area (TPSA) is 57.5 Å². The Labute approximate surface area is 127 Å². The highest BCUT2D eigenvalue weighted by molar-refractivity contribution is 6.23. The van der Waals surface area contributed by atoms with Gasteiger partial charge in [0.15, 0.2) is 0 Å². The zero-order chi connectivity index (χ0) is 15.5. The van der Waals surface area contributed by atoms with Gasteiger partial charge in [-0.25, -0.2) is 4.79 Å². The molecule has 0 unspecified atom stereocenters. The van der Waals surface area contributed by atoms with E-state index in [0.29, 0.717) is 11.1 Å². The highest BCUT2D eigenvalue weighted by Gasteiger charge is 2.13. The van der Waals surface area contributed by atoms with E-state index in [9.17, 15) is 15.0 Å². The SMILES string of the molecule is O=C(O)/C(=C\c1cccc(O)c1)c1cccc2ccccc12. The fourth-order valence-corrected chi connectivity index (χ4v) is 2.50. The smallest absolute Gasteiger partial charge is 0.336 e. The molecule has 0 aliphatic heterocycles. The first kappa shape index (κ1) is 13.9. The standard InChI is InChI=1S/C19H14O3/c20-15-8-3-5-13(11-15)12-18(19(21)22)17-10-4-7-14-6-1-2-9-16(14)17/h1-12,20H,(H,21,22)/b18-12-. The van der Waals surface area contributed by atoms with Gasteiger partial charge in [-0.2, -0.15) is 0 Å². The molecule has 0 heterocycles. The van der Waals surface area contributed by atoms with Crippen LogP contribution in [-0.2, 0) is 4.79 Å². The van der Waals surface area contributed by atoms with Crippen molar-refractivity contribution >= 4 is 28.4 Å². The third kappa shape index (κ3) is 2.69. The van der Waals surface area contributed by atoms with Crippen molar-refractivity contribution in [1.29, 1.82) is 0 Å². The van der Waals surface area contributed by atoms with Crippen molar-refractivity contribution in [3.8, 4) is 5.75 Å². The van der Waals surface area contributed by atoms with E-state index in [1.807, 2.05) is 36.4 Å². The molecular formula is C19H14O3. The zero-order valence-electron chi connectivity index (χ0n) is 11.7. The molecule has 0 aliphatic rings. The van der Waals surface area contributed by atoms with Gasteiger partial charge in [0.1, 0.15) is 5.75 Å². The predicted octanol–water partition coefficient (Wildman–Crippen LogP) is 4.17. The number of carbonyl (C=O) groups is 1. The van der Waals surface area contributed by atoms with Crippen LogP contribution in [0.25, 0.3) is 22.4 Å². The summed E-state index contributed by atoms with van der Waals surface area (Å²) in [6.07, 6.45) is 1.57. The lowest BCUT2D eigenvalue weighted by Gasteiger charge is -2.08. The van der Waals surface area contributed by atoms with Gasteiger partial charge in [-0.1, -0.05) is 54.6 Å². The van der Waals surface area contributed by atoms with E-state index < -0.39 is 5.97 Å². The van der Waals surface area contributed by atoms with Crippen LogP contribution in [0, 0.1) is 0 Å². The van der Waals surface area contributed by atoms with Gasteiger partial charge in [-0.05, 0) is 40.1 Å². The van der Waals surface area contributed by atoms with Gasteiger partial charge in [0.25, 0.3) is 0 Å². The molecule has 0 saturated carbocycles. The Hall–Kier alpha value is -3.07. The van der Waals surface area contributed by atoms with Crippen molar-refractivity contribution in [1.82, 2.24) is 0 Å². The second kappa shape index (κ2) is 5.74. The van der Waals surface area contributed by atoms with Crippen LogP contribution in [0.15, 0.2) is 66.7 Å². The van der Waals surface area contributed by atoms with E-state index in [2.05, 4.69) is 0 Å². The second-order valence-corrected chi connectivity index (χ2v) is 4.98. The van der Waals surface area contributed by atoms with Gasteiger partial charge < -0.3 is 10.2 Å². The summed E-state index contributed by atoms with van der Waals surface area (Å²) in [5.74, 6) is -0.892. The maximum absolute atomic E-state index is 11.7. The number of fused-ring (bicyclic) bond motifs is 1. The second-order valence-electron chi connectivity index (χ2n) is 4.98. The summed E-state index contributed by atoms with van der Waals surface area (Å²) in [6.45, 7) is 0. The molecule has 3 aromatic carbocycles. The van der Waals surface area contributed by atoms with E-state index in [1.165, 1.54) is 6.07 Å². The molecule has 0 saturated heterocycles. The third-order valence-electron chi connectivity index (χ3n) is 3.49. The maximum Gasteiger partial charge on any atom is 0.336 e. The normalized spacial score (nSPS) is 11.5. The minimum Gasteiger partial charge on any atom is -0.508 e. The number of benzene rings is 3. The quantitative estimate of drug-likeness (QED) is 0.562. The highest BCUT2D eigenvalue weighted by atomic mass is 16.4. The largest absolute Gasteiger partial charge is 0.508 e. The molecule has 0 aliphatic carbocycles. The Morgan fingerprint density at radius 2 is 1.64 bits per heavy atom. The van der Waals surface area contributed by atoms with Gasteiger partial charge in [0, 0.05) is 0 Å². The maximum atomic E-state index is 11.7. The molecule has 0 fully saturated rings.